The van der Waals surface area contributed by atoms with E-state index in [1.807, 2.05) is 0 Å². The number of thiol groups is 1. The Morgan fingerprint density at radius 2 is 1.82 bits per heavy atom. The Hall–Kier alpha value is -0.180. The molecule has 0 aliphatic heterocycles. The van der Waals surface area contributed by atoms with Gasteiger partial charge in [0.05, 0.1) is 0 Å². The topological polar surface area (TPSA) is 72.0 Å². The summed E-state index contributed by atoms with van der Waals surface area (Å²) >= 11 is 6.91. The summed E-state index contributed by atoms with van der Waals surface area (Å²) in [6, 6.07) is 7.06. The summed E-state index contributed by atoms with van der Waals surface area (Å²) in [5, 5.41) is 9.08. The first-order chi connectivity index (χ1) is 7.65. The van der Waals surface area contributed by atoms with Gasteiger partial charge in [0.2, 0.25) is 16.0 Å². The normalized spacial score (nSPS) is 10.0. The molecule has 1 N–H and O–H groups in total. The first kappa shape index (κ1) is 14.9. The fraction of sp³-hybridized carbons (Fsp3) is 0. The summed E-state index contributed by atoms with van der Waals surface area (Å²) in [5.41, 5.74) is 0.844. The van der Waals surface area contributed by atoms with Crippen LogP contribution in [0, 0.1) is 0 Å². The average Bonchev–Trinajstić information content (AvgIpc) is 2.66. The number of hydrogen-bond acceptors (Lipinski definition) is 5. The summed E-state index contributed by atoms with van der Waals surface area (Å²) in [6.45, 7) is 0. The van der Waals surface area contributed by atoms with E-state index in [1.54, 1.807) is 24.3 Å². The predicted octanol–water partition coefficient (Wildman–Crippen LogP) is 1.42. The fourth-order valence-corrected chi connectivity index (χ4v) is 2.39. The molecule has 1 radical (unpaired) electrons. The van der Waals surface area contributed by atoms with Crippen LogP contribution in [0.25, 0.3) is 10.6 Å². The molecular formula is C8H6ClN3NaO2S2. The maximum Gasteiger partial charge on any atom is 0.224 e. The molecular weight excluding hydrogens is 293 g/mol. The van der Waals surface area contributed by atoms with Crippen LogP contribution < -0.4 is 4.72 Å². The zero-order valence-corrected chi connectivity index (χ0v) is 13.2. The molecule has 1 heterocycles. The van der Waals surface area contributed by atoms with Crippen LogP contribution in [0.1, 0.15) is 0 Å². The van der Waals surface area contributed by atoms with E-state index in [1.165, 1.54) is 0 Å². The van der Waals surface area contributed by atoms with Gasteiger partial charge in [-0.05, 0) is 12.1 Å². The SMILES string of the molecule is O=[SH](=O)Nc1nnc(-c2ccc(Cl)cc2)s1.[Na]. The Bertz CT molecular complexity index is 562. The van der Waals surface area contributed by atoms with Crippen LogP contribution in [0.4, 0.5) is 5.13 Å². The van der Waals surface area contributed by atoms with Crippen molar-refractivity contribution in [2.75, 3.05) is 4.72 Å². The van der Waals surface area contributed by atoms with Crippen molar-refractivity contribution in [3.63, 3.8) is 0 Å². The van der Waals surface area contributed by atoms with Crippen LogP contribution in [-0.2, 0) is 10.9 Å². The van der Waals surface area contributed by atoms with E-state index in [0.717, 1.165) is 16.9 Å². The summed E-state index contributed by atoms with van der Waals surface area (Å²) in [6.07, 6.45) is 0. The Balaban J connectivity index is 0.00000144. The zero-order chi connectivity index (χ0) is 11.5. The largest absolute Gasteiger partial charge is 0.259 e. The van der Waals surface area contributed by atoms with Crippen molar-refractivity contribution in [3.8, 4) is 10.6 Å². The second-order valence-electron chi connectivity index (χ2n) is 2.79. The van der Waals surface area contributed by atoms with E-state index < -0.39 is 10.9 Å². The summed E-state index contributed by atoms with van der Waals surface area (Å²) < 4.78 is 23.0. The van der Waals surface area contributed by atoms with Crippen LogP contribution in [0.2, 0.25) is 5.02 Å². The van der Waals surface area contributed by atoms with Gasteiger partial charge in [0.25, 0.3) is 0 Å². The Kier molecular flexibility index (Phi) is 5.84. The second kappa shape index (κ2) is 6.67. The molecule has 0 fully saturated rings. The molecule has 0 aliphatic carbocycles. The maximum absolute atomic E-state index is 10.4. The molecule has 2 aromatic rings. The van der Waals surface area contributed by atoms with Gasteiger partial charge in [-0.2, -0.15) is 0 Å². The van der Waals surface area contributed by atoms with Crippen molar-refractivity contribution < 1.29 is 8.42 Å². The van der Waals surface area contributed by atoms with Crippen LogP contribution >= 0.6 is 22.9 Å². The molecule has 1 aromatic heterocycles. The van der Waals surface area contributed by atoms with Crippen LogP contribution in [0.15, 0.2) is 24.3 Å². The molecule has 0 unspecified atom stereocenters. The molecule has 17 heavy (non-hydrogen) atoms. The monoisotopic (exact) mass is 298 g/mol. The number of aromatic nitrogens is 2. The number of benzene rings is 1. The van der Waals surface area contributed by atoms with E-state index in [0.29, 0.717) is 10.0 Å². The fourth-order valence-electron chi connectivity index (χ4n) is 1.06. The van der Waals surface area contributed by atoms with Gasteiger partial charge in [-0.3, -0.25) is 4.72 Å². The number of hydrogen-bond donors (Lipinski definition) is 2. The number of rotatable bonds is 3. The van der Waals surface area contributed by atoms with Crippen molar-refractivity contribution in [1.82, 2.24) is 10.2 Å². The first-order valence-corrected chi connectivity index (χ1v) is 6.53. The van der Waals surface area contributed by atoms with E-state index in [9.17, 15) is 8.42 Å². The minimum absolute atomic E-state index is 0. The molecule has 2 rings (SSSR count). The second-order valence-corrected chi connectivity index (χ2v) is 4.94. The van der Waals surface area contributed by atoms with E-state index in [2.05, 4.69) is 14.9 Å². The summed E-state index contributed by atoms with van der Waals surface area (Å²) in [5.74, 6) is 0. The van der Waals surface area contributed by atoms with Crippen LogP contribution in [0.5, 0.6) is 0 Å². The molecule has 0 bridgehead atoms. The number of anilines is 1. The van der Waals surface area contributed by atoms with E-state index >= 15 is 0 Å². The first-order valence-electron chi connectivity index (χ1n) is 4.15. The van der Waals surface area contributed by atoms with Gasteiger partial charge in [-0.25, -0.2) is 8.42 Å². The molecule has 0 amide bonds. The summed E-state index contributed by atoms with van der Waals surface area (Å²) in [4.78, 5) is 0. The number of nitrogens with one attached hydrogen (secondary N) is 1. The minimum atomic E-state index is -2.70. The smallest absolute Gasteiger partial charge is 0.224 e. The standard InChI is InChI=1S/C8H6ClN3O2S2.Na/c9-6-3-1-5(2-4-6)7-10-11-8(15-7)12-16(13)14;/h1-4,16H,(H,11,12,13,14);. The molecule has 0 aliphatic rings. The third-order valence-electron chi connectivity index (χ3n) is 1.70. The van der Waals surface area contributed by atoms with Gasteiger partial charge in [0.1, 0.15) is 5.01 Å². The molecule has 0 atom stereocenters. The molecule has 0 saturated carbocycles. The zero-order valence-electron chi connectivity index (χ0n) is 8.75. The Labute approximate surface area is 131 Å². The molecule has 5 nitrogen and oxygen atoms in total. The van der Waals surface area contributed by atoms with Crippen molar-refractivity contribution in [2.45, 2.75) is 0 Å². The van der Waals surface area contributed by atoms with Crippen molar-refractivity contribution >= 4 is 68.5 Å². The van der Waals surface area contributed by atoms with Gasteiger partial charge in [0.15, 0.2) is 0 Å². The van der Waals surface area contributed by atoms with Gasteiger partial charge in [-0.1, -0.05) is 35.1 Å². The van der Waals surface area contributed by atoms with Crippen LogP contribution in [-0.4, -0.2) is 48.2 Å². The maximum atomic E-state index is 10.4. The Morgan fingerprint density at radius 1 is 1.18 bits per heavy atom. The quantitative estimate of drug-likeness (QED) is 0.664. The third-order valence-corrected chi connectivity index (χ3v) is 3.39. The molecule has 0 saturated heterocycles. The minimum Gasteiger partial charge on any atom is -0.259 e. The van der Waals surface area contributed by atoms with Gasteiger partial charge >= 0.3 is 0 Å². The Morgan fingerprint density at radius 3 is 2.41 bits per heavy atom. The average molecular weight is 299 g/mol. The number of nitrogens with zero attached hydrogens (tertiary/aromatic N) is 2. The van der Waals surface area contributed by atoms with Gasteiger partial charge in [-0.15, -0.1) is 10.2 Å². The van der Waals surface area contributed by atoms with Gasteiger partial charge in [0, 0.05) is 40.1 Å². The van der Waals surface area contributed by atoms with E-state index in [-0.39, 0.29) is 34.7 Å². The van der Waals surface area contributed by atoms with E-state index in [4.69, 9.17) is 11.6 Å². The molecule has 0 spiro atoms. The molecule has 1 aromatic carbocycles. The van der Waals surface area contributed by atoms with Crippen molar-refractivity contribution in [2.24, 2.45) is 0 Å². The molecule has 85 valence electrons. The van der Waals surface area contributed by atoms with Crippen LogP contribution in [0.3, 0.4) is 0 Å². The van der Waals surface area contributed by atoms with Gasteiger partial charge < -0.3 is 0 Å². The molecule has 9 heteroatoms. The number of halogens is 1. The third kappa shape index (κ3) is 4.20. The summed E-state index contributed by atoms with van der Waals surface area (Å²) in [7, 11) is -2.70. The van der Waals surface area contributed by atoms with Crippen molar-refractivity contribution in [1.29, 1.82) is 0 Å². The van der Waals surface area contributed by atoms with Crippen molar-refractivity contribution in [3.05, 3.63) is 29.3 Å². The predicted molar refractivity (Wildman–Crippen MR) is 70.0 cm³/mol.